The first kappa shape index (κ1) is 32.0. The van der Waals surface area contributed by atoms with Gasteiger partial charge in [0, 0.05) is 37.7 Å². The molecule has 222 valence electrons. The molecule has 0 aliphatic carbocycles. The summed E-state index contributed by atoms with van der Waals surface area (Å²) in [5, 5.41) is 2.50. The second-order valence-electron chi connectivity index (χ2n) is 10.3. The second-order valence-corrected chi connectivity index (χ2v) is 13.7. The van der Waals surface area contributed by atoms with E-state index < -0.39 is 43.6 Å². The molecule has 2 aliphatic heterocycles. The number of sulfonamides is 1. The van der Waals surface area contributed by atoms with E-state index in [9.17, 15) is 34.8 Å². The molecular weight excluding hydrogens is 571 g/mol. The highest BCUT2D eigenvalue weighted by Gasteiger charge is 2.47. The summed E-state index contributed by atoms with van der Waals surface area (Å²) in [7, 11) is -7.53. The van der Waals surface area contributed by atoms with E-state index in [0.717, 1.165) is 24.5 Å². The first-order valence-electron chi connectivity index (χ1n) is 12.8. The summed E-state index contributed by atoms with van der Waals surface area (Å²) in [4.78, 5) is 10.9. The number of fused-ring (bicyclic) bond motifs is 2. The molecule has 0 unspecified atom stereocenters. The zero-order valence-electron chi connectivity index (χ0n) is 22.2. The van der Waals surface area contributed by atoms with Crippen LogP contribution in [0.15, 0.2) is 41.3 Å². The molecule has 14 heteroatoms. The molecule has 4 N–H and O–H groups in total. The Hall–Kier alpha value is -2.52. The fourth-order valence-corrected chi connectivity index (χ4v) is 7.63. The lowest BCUT2D eigenvalue weighted by molar-refractivity contribution is -0.118. The molecule has 2 heterocycles. The number of aryl methyl sites for hydroxylation is 1. The molecule has 2 aromatic rings. The summed E-state index contributed by atoms with van der Waals surface area (Å²) in [6.07, 6.45) is 2.60. The van der Waals surface area contributed by atoms with Crippen molar-refractivity contribution in [3.8, 4) is 0 Å². The average molecular weight is 606 g/mol. The molecule has 2 aliphatic rings. The maximum absolute atomic E-state index is 13.9. The van der Waals surface area contributed by atoms with Crippen LogP contribution in [0.1, 0.15) is 43.7 Å². The van der Waals surface area contributed by atoms with Crippen molar-refractivity contribution in [1.82, 2.24) is 9.62 Å². The van der Waals surface area contributed by atoms with Crippen LogP contribution in [-0.2, 0) is 31.4 Å². The second kappa shape index (κ2) is 13.0. The zero-order chi connectivity index (χ0) is 29.8. The monoisotopic (exact) mass is 605 g/mol. The number of carbonyl (C=O) groups excluding carboxylic acids is 1. The predicted octanol–water partition coefficient (Wildman–Crippen LogP) is 2.92. The van der Waals surface area contributed by atoms with Crippen LogP contribution in [0.4, 0.5) is 13.2 Å². The Labute approximate surface area is 232 Å². The van der Waals surface area contributed by atoms with Gasteiger partial charge in [0.15, 0.2) is 11.6 Å². The number of nitrogens with two attached hydrogens (primary N) is 1. The van der Waals surface area contributed by atoms with Crippen molar-refractivity contribution in [3.05, 3.63) is 65.0 Å². The third kappa shape index (κ3) is 8.26. The van der Waals surface area contributed by atoms with Gasteiger partial charge in [-0.2, -0.15) is 12.7 Å². The van der Waals surface area contributed by atoms with E-state index in [1.165, 1.54) is 19.1 Å². The Bertz CT molecular complexity index is 1410. The summed E-state index contributed by atoms with van der Waals surface area (Å²) >= 11 is 0. The molecule has 2 fully saturated rings. The average Bonchev–Trinajstić information content (AvgIpc) is 3.13. The Morgan fingerprint density at radius 2 is 1.57 bits per heavy atom. The maximum atomic E-state index is 13.9. The Kier molecular flexibility index (Phi) is 10.4. The van der Waals surface area contributed by atoms with Gasteiger partial charge in [0.05, 0.1) is 10.6 Å². The van der Waals surface area contributed by atoms with Crippen LogP contribution in [0, 0.1) is 30.3 Å². The highest BCUT2D eigenvalue weighted by atomic mass is 32.2. The van der Waals surface area contributed by atoms with Gasteiger partial charge in [0.2, 0.25) is 15.9 Å². The summed E-state index contributed by atoms with van der Waals surface area (Å²) < 4.78 is 97.0. The Balaban J connectivity index is 0.000000336. The molecule has 1 amide bonds. The third-order valence-corrected chi connectivity index (χ3v) is 10.1. The van der Waals surface area contributed by atoms with E-state index in [2.05, 4.69) is 5.32 Å². The van der Waals surface area contributed by atoms with Crippen LogP contribution in [-0.4, -0.2) is 62.0 Å². The number of halogens is 3. The van der Waals surface area contributed by atoms with Gasteiger partial charge in [-0.05, 0) is 68.7 Å². The van der Waals surface area contributed by atoms with Crippen LogP contribution >= 0.6 is 0 Å². The number of nitrogens with one attached hydrogen (secondary N) is 1. The molecule has 4 rings (SSSR count). The largest absolute Gasteiger partial charge is 0.355 e. The highest BCUT2D eigenvalue weighted by molar-refractivity contribution is 7.89. The number of rotatable bonds is 8. The molecule has 2 saturated heterocycles. The smallest absolute Gasteiger partial charge is 0.294 e. The standard InChI is InChI=1S/C19H26F3N3O3S.C7H8O3S/c1-11(26)24-4-5-29(27,28)25-14-2-3-15(25)7-13(6-14)19(23)9-12-8-17(21)18(22)10-16(12)20;1-6-2-4-7(5-3-6)11(8,9)10/h8,10,13-15,19H,2-7,9,23H2,1H3,(H,24,26);2-5H,1H3,(H,8,9,10)/t13-,14-,15+,19-;/m1./s1. The summed E-state index contributed by atoms with van der Waals surface area (Å²) in [5.74, 6) is -3.67. The maximum Gasteiger partial charge on any atom is 0.294 e. The van der Waals surface area contributed by atoms with E-state index in [4.69, 9.17) is 10.3 Å². The molecule has 4 atom stereocenters. The number of piperidine rings is 1. The lowest BCUT2D eigenvalue weighted by Crippen LogP contribution is -2.51. The van der Waals surface area contributed by atoms with Gasteiger partial charge in [-0.25, -0.2) is 21.6 Å². The quantitative estimate of drug-likeness (QED) is 0.310. The molecule has 0 aromatic heterocycles. The van der Waals surface area contributed by atoms with Crippen molar-refractivity contribution < 1.29 is 39.4 Å². The fraction of sp³-hybridized carbons (Fsp3) is 0.500. The fourth-order valence-electron chi connectivity index (χ4n) is 5.29. The minimum atomic E-state index is -4.02. The highest BCUT2D eigenvalue weighted by Crippen LogP contribution is 2.42. The third-order valence-electron chi connectivity index (χ3n) is 7.23. The van der Waals surface area contributed by atoms with Crippen molar-refractivity contribution in [2.45, 2.75) is 69.0 Å². The van der Waals surface area contributed by atoms with Crippen LogP contribution in [0.25, 0.3) is 0 Å². The molecule has 0 spiro atoms. The van der Waals surface area contributed by atoms with E-state index in [-0.39, 0.29) is 53.1 Å². The molecule has 40 heavy (non-hydrogen) atoms. The molecular formula is C26H34F3N3O6S2. The van der Waals surface area contributed by atoms with Gasteiger partial charge in [-0.1, -0.05) is 17.7 Å². The van der Waals surface area contributed by atoms with Gasteiger partial charge < -0.3 is 11.1 Å². The van der Waals surface area contributed by atoms with Crippen molar-refractivity contribution in [2.75, 3.05) is 12.3 Å². The molecule has 2 aromatic carbocycles. The SMILES string of the molecule is CC(=O)NCCS(=O)(=O)N1[C@@H]2CC[C@H]1C[C@H]([C@H](N)Cc1cc(F)c(F)cc1F)C2.Cc1ccc(S(=O)(=O)O)cc1. The first-order valence-corrected chi connectivity index (χ1v) is 15.8. The number of carbonyl (C=O) groups is 1. The van der Waals surface area contributed by atoms with Crippen molar-refractivity contribution in [2.24, 2.45) is 11.7 Å². The predicted molar refractivity (Wildman–Crippen MR) is 143 cm³/mol. The van der Waals surface area contributed by atoms with Crippen LogP contribution in [0.3, 0.4) is 0 Å². The summed E-state index contributed by atoms with van der Waals surface area (Å²) in [5.41, 5.74) is 7.24. The topological polar surface area (TPSA) is 147 Å². The van der Waals surface area contributed by atoms with Gasteiger partial charge in [-0.15, -0.1) is 0 Å². The number of hydrogen-bond acceptors (Lipinski definition) is 6. The van der Waals surface area contributed by atoms with E-state index in [1.54, 1.807) is 16.4 Å². The summed E-state index contributed by atoms with van der Waals surface area (Å²) in [6.45, 7) is 3.23. The van der Waals surface area contributed by atoms with Crippen LogP contribution in [0.5, 0.6) is 0 Å². The Morgan fingerprint density at radius 1 is 1.02 bits per heavy atom. The first-order chi connectivity index (χ1) is 18.6. The van der Waals surface area contributed by atoms with Crippen molar-refractivity contribution >= 4 is 26.0 Å². The number of amides is 1. The normalized spacial score (nSPS) is 21.8. The number of hydrogen-bond donors (Lipinski definition) is 3. The summed E-state index contributed by atoms with van der Waals surface area (Å²) in [6, 6.07) is 6.50. The molecule has 2 bridgehead atoms. The number of benzene rings is 2. The minimum Gasteiger partial charge on any atom is -0.355 e. The minimum absolute atomic E-state index is 0.0223. The van der Waals surface area contributed by atoms with E-state index in [1.807, 2.05) is 6.92 Å². The van der Waals surface area contributed by atoms with Crippen molar-refractivity contribution in [3.63, 3.8) is 0 Å². The zero-order valence-corrected chi connectivity index (χ0v) is 23.8. The van der Waals surface area contributed by atoms with Crippen LogP contribution in [0.2, 0.25) is 0 Å². The van der Waals surface area contributed by atoms with E-state index in [0.29, 0.717) is 18.9 Å². The molecule has 0 radical (unpaired) electrons. The van der Waals surface area contributed by atoms with Crippen LogP contribution < -0.4 is 11.1 Å². The lowest BCUT2D eigenvalue weighted by Gasteiger charge is -2.40. The number of nitrogens with zero attached hydrogens (tertiary/aromatic N) is 1. The van der Waals surface area contributed by atoms with Gasteiger partial charge in [-0.3, -0.25) is 9.35 Å². The van der Waals surface area contributed by atoms with Crippen molar-refractivity contribution in [1.29, 1.82) is 0 Å². The van der Waals surface area contributed by atoms with Gasteiger partial charge >= 0.3 is 0 Å². The molecule has 9 nitrogen and oxygen atoms in total. The lowest BCUT2D eigenvalue weighted by atomic mass is 9.83. The Morgan fingerprint density at radius 3 is 2.10 bits per heavy atom. The molecule has 0 saturated carbocycles. The van der Waals surface area contributed by atoms with E-state index >= 15 is 0 Å². The van der Waals surface area contributed by atoms with Gasteiger partial charge in [0.1, 0.15) is 5.82 Å². The van der Waals surface area contributed by atoms with Gasteiger partial charge in [0.25, 0.3) is 10.1 Å².